The van der Waals surface area contributed by atoms with Gasteiger partial charge in [-0.2, -0.15) is 0 Å². The Hall–Kier alpha value is -2.82. The van der Waals surface area contributed by atoms with Crippen LogP contribution < -0.4 is 10.1 Å². The van der Waals surface area contributed by atoms with Crippen LogP contribution in [0, 0.1) is 0 Å². The number of hydrogen-bond donors (Lipinski definition) is 1. The van der Waals surface area contributed by atoms with Crippen molar-refractivity contribution in [1.29, 1.82) is 0 Å². The lowest BCUT2D eigenvalue weighted by molar-refractivity contribution is -0.131. The predicted molar refractivity (Wildman–Crippen MR) is 94.0 cm³/mol. The zero-order valence-electron chi connectivity index (χ0n) is 13.9. The molecule has 0 unspecified atom stereocenters. The monoisotopic (exact) mass is 326 g/mol. The molecule has 0 spiro atoms. The molecule has 0 heterocycles. The number of benzene rings is 2. The number of nitrogens with zero attached hydrogens (tertiary/aromatic N) is 1. The van der Waals surface area contributed by atoms with Gasteiger partial charge in [0.2, 0.25) is 6.10 Å². The van der Waals surface area contributed by atoms with Gasteiger partial charge in [-0.3, -0.25) is 4.79 Å². The number of oxime groups is 1. The SMILES string of the molecule is CCOc1ccc(/C=N\O[C@@H](C)C(=O)NCc2ccccc2)cc1. The van der Waals surface area contributed by atoms with Gasteiger partial charge in [-0.1, -0.05) is 35.5 Å². The van der Waals surface area contributed by atoms with Crippen molar-refractivity contribution in [2.75, 3.05) is 6.61 Å². The van der Waals surface area contributed by atoms with Crippen molar-refractivity contribution in [2.24, 2.45) is 5.16 Å². The molecule has 24 heavy (non-hydrogen) atoms. The molecule has 1 amide bonds. The second kappa shape index (κ2) is 9.35. The predicted octanol–water partition coefficient (Wildman–Crippen LogP) is 3.14. The lowest BCUT2D eigenvalue weighted by Gasteiger charge is -2.10. The van der Waals surface area contributed by atoms with E-state index < -0.39 is 6.10 Å². The second-order valence-electron chi connectivity index (χ2n) is 5.19. The Balaban J connectivity index is 1.76. The van der Waals surface area contributed by atoms with Crippen LogP contribution in [0.15, 0.2) is 59.8 Å². The van der Waals surface area contributed by atoms with Crippen LogP contribution in [0.4, 0.5) is 0 Å². The van der Waals surface area contributed by atoms with E-state index in [0.717, 1.165) is 16.9 Å². The molecule has 0 bridgehead atoms. The number of amides is 1. The molecule has 0 aromatic heterocycles. The Morgan fingerprint density at radius 3 is 2.54 bits per heavy atom. The van der Waals surface area contributed by atoms with E-state index in [0.29, 0.717) is 13.2 Å². The number of hydrogen-bond acceptors (Lipinski definition) is 4. The van der Waals surface area contributed by atoms with E-state index >= 15 is 0 Å². The molecule has 2 rings (SSSR count). The molecule has 0 saturated heterocycles. The van der Waals surface area contributed by atoms with E-state index in [1.807, 2.05) is 61.5 Å². The highest BCUT2D eigenvalue weighted by Gasteiger charge is 2.13. The van der Waals surface area contributed by atoms with E-state index in [4.69, 9.17) is 9.57 Å². The van der Waals surface area contributed by atoms with Crippen LogP contribution in [-0.2, 0) is 16.2 Å². The number of carbonyl (C=O) groups is 1. The van der Waals surface area contributed by atoms with Gasteiger partial charge < -0.3 is 14.9 Å². The zero-order chi connectivity index (χ0) is 17.2. The third-order valence-electron chi connectivity index (χ3n) is 3.29. The maximum Gasteiger partial charge on any atom is 0.263 e. The maximum atomic E-state index is 11.9. The van der Waals surface area contributed by atoms with Gasteiger partial charge in [0.15, 0.2) is 0 Å². The smallest absolute Gasteiger partial charge is 0.263 e. The van der Waals surface area contributed by atoms with E-state index in [-0.39, 0.29) is 5.91 Å². The minimum atomic E-state index is -0.660. The van der Waals surface area contributed by atoms with Crippen LogP contribution in [0.1, 0.15) is 25.0 Å². The van der Waals surface area contributed by atoms with Crippen LogP contribution in [0.2, 0.25) is 0 Å². The Bertz CT molecular complexity index is 654. The van der Waals surface area contributed by atoms with Gasteiger partial charge in [0, 0.05) is 6.54 Å². The van der Waals surface area contributed by atoms with Crippen LogP contribution >= 0.6 is 0 Å². The lowest BCUT2D eigenvalue weighted by atomic mass is 10.2. The summed E-state index contributed by atoms with van der Waals surface area (Å²) in [6, 6.07) is 17.2. The standard InChI is InChI=1S/C19H22N2O3/c1-3-23-18-11-9-17(10-12-18)14-21-24-15(2)19(22)20-13-16-7-5-4-6-8-16/h4-12,14-15H,3,13H2,1-2H3,(H,20,22)/b21-14-/t15-/m0/s1. The van der Waals surface area contributed by atoms with Gasteiger partial charge in [0.1, 0.15) is 5.75 Å². The van der Waals surface area contributed by atoms with Gasteiger partial charge in [-0.15, -0.1) is 0 Å². The summed E-state index contributed by atoms with van der Waals surface area (Å²) in [5.41, 5.74) is 1.91. The van der Waals surface area contributed by atoms with Gasteiger partial charge in [-0.05, 0) is 49.2 Å². The molecule has 0 aliphatic heterocycles. The third kappa shape index (κ3) is 5.76. The Morgan fingerprint density at radius 1 is 1.17 bits per heavy atom. The van der Waals surface area contributed by atoms with Crippen LogP contribution in [0.3, 0.4) is 0 Å². The molecule has 1 atom stereocenters. The second-order valence-corrected chi connectivity index (χ2v) is 5.19. The molecule has 2 aromatic carbocycles. The van der Waals surface area contributed by atoms with E-state index in [1.165, 1.54) is 0 Å². The number of ether oxygens (including phenoxy) is 1. The summed E-state index contributed by atoms with van der Waals surface area (Å²) in [6.45, 7) is 4.70. The van der Waals surface area contributed by atoms with E-state index in [9.17, 15) is 4.79 Å². The molecular formula is C19H22N2O3. The average Bonchev–Trinajstić information content (AvgIpc) is 2.62. The molecule has 1 N–H and O–H groups in total. The van der Waals surface area contributed by atoms with E-state index in [1.54, 1.807) is 13.1 Å². The summed E-state index contributed by atoms with van der Waals surface area (Å²) in [7, 11) is 0. The summed E-state index contributed by atoms with van der Waals surface area (Å²) in [5.74, 6) is 0.604. The fourth-order valence-electron chi connectivity index (χ4n) is 1.98. The minimum absolute atomic E-state index is 0.206. The first kappa shape index (κ1) is 17.5. The molecule has 5 nitrogen and oxygen atoms in total. The molecule has 0 saturated carbocycles. The van der Waals surface area contributed by atoms with Gasteiger partial charge in [0.25, 0.3) is 5.91 Å². The lowest BCUT2D eigenvalue weighted by Crippen LogP contribution is -2.33. The highest BCUT2D eigenvalue weighted by molar-refractivity contribution is 5.81. The Kier molecular flexibility index (Phi) is 6.83. The molecule has 2 aromatic rings. The molecule has 0 fully saturated rings. The van der Waals surface area contributed by atoms with E-state index in [2.05, 4.69) is 10.5 Å². The van der Waals surface area contributed by atoms with Crippen molar-refractivity contribution in [3.8, 4) is 5.75 Å². The maximum absolute atomic E-state index is 11.9. The summed E-state index contributed by atoms with van der Waals surface area (Å²) < 4.78 is 5.37. The van der Waals surface area contributed by atoms with Crippen molar-refractivity contribution in [2.45, 2.75) is 26.5 Å². The van der Waals surface area contributed by atoms with Crippen molar-refractivity contribution in [3.63, 3.8) is 0 Å². The summed E-state index contributed by atoms with van der Waals surface area (Å²) >= 11 is 0. The first-order chi connectivity index (χ1) is 11.7. The van der Waals surface area contributed by atoms with Crippen LogP contribution in [0.5, 0.6) is 5.75 Å². The van der Waals surface area contributed by atoms with Crippen LogP contribution in [-0.4, -0.2) is 24.8 Å². The summed E-state index contributed by atoms with van der Waals surface area (Å²) in [5, 5.41) is 6.68. The number of carbonyl (C=O) groups excluding carboxylic acids is 1. The largest absolute Gasteiger partial charge is 0.494 e. The van der Waals surface area contributed by atoms with Gasteiger partial charge in [-0.25, -0.2) is 0 Å². The van der Waals surface area contributed by atoms with Crippen molar-refractivity contribution >= 4 is 12.1 Å². The van der Waals surface area contributed by atoms with Crippen molar-refractivity contribution in [3.05, 3.63) is 65.7 Å². The molecule has 5 heteroatoms. The first-order valence-electron chi connectivity index (χ1n) is 7.92. The van der Waals surface area contributed by atoms with Gasteiger partial charge >= 0.3 is 0 Å². The molecule has 0 radical (unpaired) electrons. The highest BCUT2D eigenvalue weighted by Crippen LogP contribution is 2.10. The van der Waals surface area contributed by atoms with Crippen molar-refractivity contribution < 1.29 is 14.4 Å². The Morgan fingerprint density at radius 2 is 1.88 bits per heavy atom. The molecule has 126 valence electrons. The van der Waals surface area contributed by atoms with Crippen molar-refractivity contribution in [1.82, 2.24) is 5.32 Å². The van der Waals surface area contributed by atoms with Gasteiger partial charge in [0.05, 0.1) is 12.8 Å². The average molecular weight is 326 g/mol. The number of rotatable bonds is 8. The minimum Gasteiger partial charge on any atom is -0.494 e. The topological polar surface area (TPSA) is 59.9 Å². The zero-order valence-corrected chi connectivity index (χ0v) is 13.9. The quantitative estimate of drug-likeness (QED) is 0.599. The summed E-state index contributed by atoms with van der Waals surface area (Å²) in [4.78, 5) is 17.1. The highest BCUT2D eigenvalue weighted by atomic mass is 16.6. The normalized spacial score (nSPS) is 11.9. The fraction of sp³-hybridized carbons (Fsp3) is 0.263. The first-order valence-corrected chi connectivity index (χ1v) is 7.92. The van der Waals surface area contributed by atoms with Crippen LogP contribution in [0.25, 0.3) is 0 Å². The Labute approximate surface area is 142 Å². The fourth-order valence-corrected chi connectivity index (χ4v) is 1.98. The number of nitrogens with one attached hydrogen (secondary N) is 1. The third-order valence-corrected chi connectivity index (χ3v) is 3.29. The summed E-state index contributed by atoms with van der Waals surface area (Å²) in [6.07, 6.45) is 0.907. The molecule has 0 aliphatic rings. The molecule has 0 aliphatic carbocycles. The molecular weight excluding hydrogens is 304 g/mol.